The third kappa shape index (κ3) is 2.16. The number of carboxylic acids is 1. The van der Waals surface area contributed by atoms with E-state index in [1.807, 2.05) is 6.92 Å². The Kier molecular flexibility index (Phi) is 3.17. The second-order valence-electron chi connectivity index (χ2n) is 5.95. The maximum Gasteiger partial charge on any atom is 0.339 e. The van der Waals surface area contributed by atoms with Crippen LogP contribution in [0.4, 0.5) is 5.82 Å². The normalized spacial score (nSPS) is 28.4. The Labute approximate surface area is 118 Å². The van der Waals surface area contributed by atoms with E-state index in [1.54, 1.807) is 6.07 Å². The van der Waals surface area contributed by atoms with Crippen LogP contribution in [0.3, 0.4) is 0 Å². The topological polar surface area (TPSA) is 71.5 Å². The van der Waals surface area contributed by atoms with E-state index in [0.717, 1.165) is 36.9 Å². The number of rotatable bonds is 3. The van der Waals surface area contributed by atoms with E-state index in [2.05, 4.69) is 17.2 Å². The number of fused-ring (bicyclic) bond motifs is 1. The molecule has 2 aliphatic rings. The second-order valence-corrected chi connectivity index (χ2v) is 5.95. The molecular weight excluding hydrogens is 256 g/mol. The summed E-state index contributed by atoms with van der Waals surface area (Å²) in [6.45, 7) is 4.76. The Balaban J connectivity index is 1.98. The van der Waals surface area contributed by atoms with Gasteiger partial charge in [-0.05, 0) is 51.2 Å². The molecule has 1 fully saturated rings. The highest BCUT2D eigenvalue weighted by Crippen LogP contribution is 2.32. The molecule has 1 aliphatic heterocycles. The fraction of sp³-hybridized carbons (Fsp3) is 0.600. The molecule has 20 heavy (non-hydrogen) atoms. The molecular formula is C15H20N2O3. The van der Waals surface area contributed by atoms with Gasteiger partial charge in [0, 0.05) is 12.3 Å². The summed E-state index contributed by atoms with van der Waals surface area (Å²) in [7, 11) is 0. The van der Waals surface area contributed by atoms with Crippen molar-refractivity contribution in [3.8, 4) is 0 Å². The van der Waals surface area contributed by atoms with Gasteiger partial charge in [-0.2, -0.15) is 0 Å². The Bertz CT molecular complexity index is 558. The first-order chi connectivity index (χ1) is 9.49. The predicted octanol–water partition coefficient (Wildman–Crippen LogP) is 2.25. The van der Waals surface area contributed by atoms with Crippen molar-refractivity contribution in [3.63, 3.8) is 0 Å². The zero-order chi connectivity index (χ0) is 14.3. The summed E-state index contributed by atoms with van der Waals surface area (Å²) >= 11 is 0. The predicted molar refractivity (Wildman–Crippen MR) is 75.3 cm³/mol. The van der Waals surface area contributed by atoms with E-state index in [1.165, 1.54) is 0 Å². The molecule has 2 unspecified atom stereocenters. The van der Waals surface area contributed by atoms with Crippen LogP contribution >= 0.6 is 0 Å². The molecule has 2 heterocycles. The third-order valence-corrected chi connectivity index (χ3v) is 4.57. The first kappa shape index (κ1) is 13.4. The number of carboxylic acid groups (broad SMARTS) is 1. The Hall–Kier alpha value is -1.62. The molecule has 1 aromatic heterocycles. The molecule has 1 aliphatic carbocycles. The lowest BCUT2D eigenvalue weighted by Crippen LogP contribution is -2.42. The van der Waals surface area contributed by atoms with Gasteiger partial charge in [-0.3, -0.25) is 0 Å². The highest BCUT2D eigenvalue weighted by molar-refractivity contribution is 5.93. The molecule has 0 radical (unpaired) electrons. The number of nitrogens with zero attached hydrogens (tertiary/aromatic N) is 1. The van der Waals surface area contributed by atoms with Gasteiger partial charge in [-0.15, -0.1) is 0 Å². The van der Waals surface area contributed by atoms with Gasteiger partial charge in [0.05, 0.1) is 11.6 Å². The minimum atomic E-state index is -0.926. The number of hydrogen-bond acceptors (Lipinski definition) is 4. The zero-order valence-corrected chi connectivity index (χ0v) is 11.9. The van der Waals surface area contributed by atoms with Crippen molar-refractivity contribution in [1.82, 2.24) is 4.98 Å². The first-order valence-electron chi connectivity index (χ1n) is 7.15. The van der Waals surface area contributed by atoms with Crippen LogP contribution in [0.1, 0.15) is 48.3 Å². The summed E-state index contributed by atoms with van der Waals surface area (Å²) in [6.07, 6.45) is 3.82. The van der Waals surface area contributed by atoms with Crippen LogP contribution < -0.4 is 5.32 Å². The lowest BCUT2D eigenvalue weighted by molar-refractivity contribution is 0.0696. The maximum atomic E-state index is 11.5. The number of nitrogens with one attached hydrogen (secondary N) is 1. The summed E-state index contributed by atoms with van der Waals surface area (Å²) < 4.78 is 5.60. The summed E-state index contributed by atoms with van der Waals surface area (Å²) in [6, 6.07) is 1.78. The number of aryl methyl sites for hydroxylation is 2. The summed E-state index contributed by atoms with van der Waals surface area (Å²) in [4.78, 5) is 16.0. The molecule has 1 aromatic rings. The summed E-state index contributed by atoms with van der Waals surface area (Å²) in [5.41, 5.74) is 2.12. The minimum absolute atomic E-state index is 0.0409. The van der Waals surface area contributed by atoms with Crippen LogP contribution in [0.2, 0.25) is 0 Å². The zero-order valence-electron chi connectivity index (χ0n) is 11.9. The molecule has 5 heteroatoms. The lowest BCUT2D eigenvalue weighted by Gasteiger charge is -2.30. The van der Waals surface area contributed by atoms with Crippen molar-refractivity contribution in [2.75, 3.05) is 11.9 Å². The number of aromatic nitrogens is 1. The SMILES string of the molecule is CC1OCCC1(C)Nc1nc2c(cc1C(=O)O)CCC2. The Morgan fingerprint density at radius 2 is 2.35 bits per heavy atom. The van der Waals surface area contributed by atoms with Crippen molar-refractivity contribution in [3.05, 3.63) is 22.9 Å². The summed E-state index contributed by atoms with van der Waals surface area (Å²) in [5.74, 6) is -0.442. The largest absolute Gasteiger partial charge is 0.478 e. The molecule has 0 aromatic carbocycles. The van der Waals surface area contributed by atoms with Gasteiger partial charge >= 0.3 is 5.97 Å². The highest BCUT2D eigenvalue weighted by Gasteiger charge is 2.38. The quantitative estimate of drug-likeness (QED) is 0.886. The number of aromatic carboxylic acids is 1. The Morgan fingerprint density at radius 3 is 3.00 bits per heavy atom. The number of ether oxygens (including phenoxy) is 1. The molecule has 0 amide bonds. The fourth-order valence-electron chi connectivity index (χ4n) is 3.00. The molecule has 3 rings (SSSR count). The van der Waals surface area contributed by atoms with Crippen molar-refractivity contribution in [1.29, 1.82) is 0 Å². The molecule has 1 saturated heterocycles. The fourth-order valence-corrected chi connectivity index (χ4v) is 3.00. The van der Waals surface area contributed by atoms with Gasteiger partial charge < -0.3 is 15.2 Å². The van der Waals surface area contributed by atoms with Crippen molar-refractivity contribution in [2.45, 2.75) is 51.2 Å². The average molecular weight is 276 g/mol. The molecule has 0 spiro atoms. The second kappa shape index (κ2) is 4.74. The summed E-state index contributed by atoms with van der Waals surface area (Å²) in [5, 5.41) is 12.7. The molecule has 0 bridgehead atoms. The molecule has 0 saturated carbocycles. The lowest BCUT2D eigenvalue weighted by atomic mass is 9.94. The highest BCUT2D eigenvalue weighted by atomic mass is 16.5. The van der Waals surface area contributed by atoms with Crippen LogP contribution in [0.25, 0.3) is 0 Å². The van der Waals surface area contributed by atoms with Crippen LogP contribution in [0.15, 0.2) is 6.07 Å². The Morgan fingerprint density at radius 1 is 1.55 bits per heavy atom. The molecule has 5 nitrogen and oxygen atoms in total. The van der Waals surface area contributed by atoms with Gasteiger partial charge in [-0.25, -0.2) is 9.78 Å². The van der Waals surface area contributed by atoms with Crippen molar-refractivity contribution >= 4 is 11.8 Å². The van der Waals surface area contributed by atoms with E-state index in [0.29, 0.717) is 12.4 Å². The monoisotopic (exact) mass is 276 g/mol. The van der Waals surface area contributed by atoms with Crippen LogP contribution in [0, 0.1) is 0 Å². The van der Waals surface area contributed by atoms with Gasteiger partial charge in [0.15, 0.2) is 0 Å². The number of carbonyl (C=O) groups is 1. The van der Waals surface area contributed by atoms with E-state index in [9.17, 15) is 9.90 Å². The van der Waals surface area contributed by atoms with Crippen LogP contribution in [-0.4, -0.2) is 34.3 Å². The van der Waals surface area contributed by atoms with E-state index >= 15 is 0 Å². The number of anilines is 1. The van der Waals surface area contributed by atoms with E-state index in [-0.39, 0.29) is 17.2 Å². The average Bonchev–Trinajstić information content (AvgIpc) is 2.96. The number of hydrogen-bond donors (Lipinski definition) is 2. The standard InChI is InChI=1S/C15H20N2O3/c1-9-15(2,6-7-20-9)17-13-11(14(18)19)8-10-4-3-5-12(10)16-13/h8-9H,3-7H2,1-2H3,(H,16,17)(H,18,19). The minimum Gasteiger partial charge on any atom is -0.478 e. The van der Waals surface area contributed by atoms with E-state index < -0.39 is 5.97 Å². The van der Waals surface area contributed by atoms with Crippen molar-refractivity contribution in [2.24, 2.45) is 0 Å². The molecule has 2 N–H and O–H groups in total. The molecule has 2 atom stereocenters. The van der Waals surface area contributed by atoms with Gasteiger partial charge in [0.2, 0.25) is 0 Å². The van der Waals surface area contributed by atoms with Gasteiger partial charge in [-0.1, -0.05) is 0 Å². The van der Waals surface area contributed by atoms with Gasteiger partial charge in [0.1, 0.15) is 11.4 Å². The van der Waals surface area contributed by atoms with Crippen LogP contribution in [0.5, 0.6) is 0 Å². The van der Waals surface area contributed by atoms with Gasteiger partial charge in [0.25, 0.3) is 0 Å². The molecule has 108 valence electrons. The van der Waals surface area contributed by atoms with E-state index in [4.69, 9.17) is 4.74 Å². The van der Waals surface area contributed by atoms with Crippen molar-refractivity contribution < 1.29 is 14.6 Å². The number of pyridine rings is 1. The van der Waals surface area contributed by atoms with Crippen LogP contribution in [-0.2, 0) is 17.6 Å². The smallest absolute Gasteiger partial charge is 0.339 e. The first-order valence-corrected chi connectivity index (χ1v) is 7.15. The third-order valence-electron chi connectivity index (χ3n) is 4.57. The maximum absolute atomic E-state index is 11.5.